The molecule has 0 bridgehead atoms. The van der Waals surface area contributed by atoms with Gasteiger partial charge in [0.2, 0.25) is 15.9 Å². The van der Waals surface area contributed by atoms with E-state index in [9.17, 15) is 17.6 Å². The molecule has 1 aromatic rings. The van der Waals surface area contributed by atoms with Crippen LogP contribution in [-0.2, 0) is 14.8 Å². The summed E-state index contributed by atoms with van der Waals surface area (Å²) in [5.41, 5.74) is 0. The number of sulfonamides is 1. The predicted octanol–water partition coefficient (Wildman–Crippen LogP) is 2.55. The van der Waals surface area contributed by atoms with Gasteiger partial charge in [0.1, 0.15) is 10.7 Å². The molecule has 1 aliphatic heterocycles. The van der Waals surface area contributed by atoms with Crippen LogP contribution in [0.3, 0.4) is 0 Å². The first-order valence-corrected chi connectivity index (χ1v) is 9.49. The molecule has 0 aromatic heterocycles. The molecule has 1 N–H and O–H groups in total. The van der Waals surface area contributed by atoms with E-state index in [2.05, 4.69) is 4.72 Å². The Morgan fingerprint density at radius 3 is 2.78 bits per heavy atom. The van der Waals surface area contributed by atoms with Crippen LogP contribution in [0, 0.1) is 5.82 Å². The number of nitrogens with one attached hydrogen (secondary N) is 1. The Morgan fingerprint density at radius 2 is 2.04 bits per heavy atom. The van der Waals surface area contributed by atoms with Gasteiger partial charge in [-0.1, -0.05) is 18.0 Å². The summed E-state index contributed by atoms with van der Waals surface area (Å²) in [6, 6.07) is 3.15. The fourth-order valence-electron chi connectivity index (χ4n) is 2.52. The Bertz CT molecular complexity index is 667. The van der Waals surface area contributed by atoms with Gasteiger partial charge >= 0.3 is 0 Å². The zero-order valence-corrected chi connectivity index (χ0v) is 14.3. The first kappa shape index (κ1) is 18.2. The number of carbonyl (C=O) groups is 1. The van der Waals surface area contributed by atoms with Crippen molar-refractivity contribution in [2.45, 2.75) is 37.0 Å². The van der Waals surface area contributed by atoms with Crippen molar-refractivity contribution >= 4 is 27.5 Å². The first-order chi connectivity index (χ1) is 10.9. The summed E-state index contributed by atoms with van der Waals surface area (Å²) in [5, 5.41) is -0.153. The number of benzene rings is 1. The highest BCUT2D eigenvalue weighted by Gasteiger charge is 2.19. The Labute approximate surface area is 140 Å². The van der Waals surface area contributed by atoms with Gasteiger partial charge in [-0.05, 0) is 37.5 Å². The lowest BCUT2D eigenvalue weighted by molar-refractivity contribution is -0.130. The van der Waals surface area contributed by atoms with Crippen LogP contribution in [0.2, 0.25) is 5.02 Å². The Balaban J connectivity index is 1.86. The van der Waals surface area contributed by atoms with Gasteiger partial charge in [-0.25, -0.2) is 17.5 Å². The minimum atomic E-state index is -3.78. The minimum Gasteiger partial charge on any atom is -0.343 e. The number of amides is 1. The van der Waals surface area contributed by atoms with Crippen LogP contribution in [0.1, 0.15) is 32.1 Å². The highest BCUT2D eigenvalue weighted by molar-refractivity contribution is 7.89. The van der Waals surface area contributed by atoms with Gasteiger partial charge < -0.3 is 4.90 Å². The minimum absolute atomic E-state index is 0.131. The Kier molecular flexibility index (Phi) is 6.38. The van der Waals surface area contributed by atoms with Gasteiger partial charge in [-0.2, -0.15) is 0 Å². The van der Waals surface area contributed by atoms with E-state index in [4.69, 9.17) is 11.6 Å². The van der Waals surface area contributed by atoms with E-state index in [1.807, 2.05) is 0 Å². The number of hydrogen-bond donors (Lipinski definition) is 1. The fraction of sp³-hybridized carbons (Fsp3) is 0.533. The van der Waals surface area contributed by atoms with Crippen LogP contribution < -0.4 is 4.72 Å². The zero-order valence-electron chi connectivity index (χ0n) is 12.7. The van der Waals surface area contributed by atoms with E-state index < -0.39 is 15.8 Å². The van der Waals surface area contributed by atoms with Gasteiger partial charge in [0, 0.05) is 26.1 Å². The number of halogens is 2. The maximum absolute atomic E-state index is 13.0. The van der Waals surface area contributed by atoms with Crippen molar-refractivity contribution in [3.05, 3.63) is 29.0 Å². The molecule has 1 heterocycles. The van der Waals surface area contributed by atoms with Gasteiger partial charge in [-0.3, -0.25) is 4.79 Å². The molecule has 128 valence electrons. The molecule has 1 saturated heterocycles. The summed E-state index contributed by atoms with van der Waals surface area (Å²) in [6.07, 6.45) is 4.05. The van der Waals surface area contributed by atoms with Crippen molar-refractivity contribution in [1.29, 1.82) is 0 Å². The van der Waals surface area contributed by atoms with E-state index in [1.165, 1.54) is 0 Å². The maximum Gasteiger partial charge on any atom is 0.242 e. The average Bonchev–Trinajstić information content (AvgIpc) is 2.68. The number of nitrogens with zero attached hydrogens (tertiary/aromatic N) is 1. The molecule has 0 unspecified atom stereocenters. The molecule has 0 atom stereocenters. The van der Waals surface area contributed by atoms with E-state index >= 15 is 0 Å². The molecule has 23 heavy (non-hydrogen) atoms. The van der Waals surface area contributed by atoms with Crippen molar-refractivity contribution in [3.8, 4) is 0 Å². The third-order valence-electron chi connectivity index (χ3n) is 3.75. The van der Waals surface area contributed by atoms with Crippen molar-refractivity contribution in [3.63, 3.8) is 0 Å². The normalized spacial score (nSPS) is 16.4. The highest BCUT2D eigenvalue weighted by atomic mass is 35.5. The van der Waals surface area contributed by atoms with Crippen molar-refractivity contribution in [2.75, 3.05) is 19.6 Å². The second-order valence-electron chi connectivity index (χ2n) is 5.52. The number of hydrogen-bond acceptors (Lipinski definition) is 3. The van der Waals surface area contributed by atoms with E-state index in [-0.39, 0.29) is 22.4 Å². The number of carbonyl (C=O) groups excluding carboxylic acids is 1. The van der Waals surface area contributed by atoms with Crippen LogP contribution in [-0.4, -0.2) is 38.9 Å². The summed E-state index contributed by atoms with van der Waals surface area (Å²) in [4.78, 5) is 13.5. The molecule has 0 saturated carbocycles. The predicted molar refractivity (Wildman–Crippen MR) is 86.3 cm³/mol. The zero-order chi connectivity index (χ0) is 16.9. The molecule has 1 amide bonds. The van der Waals surface area contributed by atoms with Crippen molar-refractivity contribution in [1.82, 2.24) is 9.62 Å². The second kappa shape index (κ2) is 8.08. The molecule has 1 fully saturated rings. The van der Waals surface area contributed by atoms with Gasteiger partial charge in [0.25, 0.3) is 0 Å². The van der Waals surface area contributed by atoms with E-state index in [1.54, 1.807) is 4.90 Å². The van der Waals surface area contributed by atoms with Crippen LogP contribution in [0.4, 0.5) is 4.39 Å². The summed E-state index contributed by atoms with van der Waals surface area (Å²) < 4.78 is 39.7. The third-order valence-corrected chi connectivity index (χ3v) is 5.70. The second-order valence-corrected chi connectivity index (χ2v) is 7.66. The lowest BCUT2D eigenvalue weighted by atomic mass is 10.2. The topological polar surface area (TPSA) is 66.5 Å². The Morgan fingerprint density at radius 1 is 1.26 bits per heavy atom. The molecule has 8 heteroatoms. The molecular weight excluding hydrogens is 343 g/mol. The first-order valence-electron chi connectivity index (χ1n) is 7.62. The number of likely N-dealkylation sites (tertiary alicyclic amines) is 1. The largest absolute Gasteiger partial charge is 0.343 e. The van der Waals surface area contributed by atoms with Gasteiger partial charge in [0.15, 0.2) is 0 Å². The molecule has 5 nitrogen and oxygen atoms in total. The smallest absolute Gasteiger partial charge is 0.242 e. The van der Waals surface area contributed by atoms with E-state index in [0.29, 0.717) is 19.4 Å². The molecule has 1 aliphatic rings. The standard InChI is InChI=1S/C15H20ClFN2O3S/c16-13-11-12(17)6-7-14(13)23(21,22)18-8-4-10-19-9-3-1-2-5-15(19)20/h6-7,11,18H,1-5,8-10H2. The molecule has 2 rings (SSSR count). The molecule has 0 radical (unpaired) electrons. The van der Waals surface area contributed by atoms with Crippen LogP contribution in [0.25, 0.3) is 0 Å². The lowest BCUT2D eigenvalue weighted by Crippen LogP contribution is -2.34. The summed E-state index contributed by atoms with van der Waals surface area (Å²) in [6.45, 7) is 1.45. The van der Waals surface area contributed by atoms with E-state index in [0.717, 1.165) is 44.0 Å². The lowest BCUT2D eigenvalue weighted by Gasteiger charge is -2.20. The van der Waals surface area contributed by atoms with Gasteiger partial charge in [0.05, 0.1) is 5.02 Å². The Hall–Kier alpha value is -1.18. The fourth-order valence-corrected chi connectivity index (χ4v) is 4.13. The summed E-state index contributed by atoms with van der Waals surface area (Å²) >= 11 is 5.77. The summed E-state index contributed by atoms with van der Waals surface area (Å²) in [5.74, 6) is -0.458. The molecule has 1 aromatic carbocycles. The molecule has 0 aliphatic carbocycles. The number of rotatable bonds is 6. The van der Waals surface area contributed by atoms with Crippen LogP contribution in [0.5, 0.6) is 0 Å². The highest BCUT2D eigenvalue weighted by Crippen LogP contribution is 2.21. The van der Waals surface area contributed by atoms with Crippen LogP contribution in [0.15, 0.2) is 23.1 Å². The maximum atomic E-state index is 13.0. The van der Waals surface area contributed by atoms with Crippen LogP contribution >= 0.6 is 11.6 Å². The monoisotopic (exact) mass is 362 g/mol. The average molecular weight is 363 g/mol. The van der Waals surface area contributed by atoms with Crippen molar-refractivity contribution < 1.29 is 17.6 Å². The third kappa shape index (κ3) is 5.16. The summed E-state index contributed by atoms with van der Waals surface area (Å²) in [7, 11) is -3.78. The quantitative estimate of drug-likeness (QED) is 0.791. The van der Waals surface area contributed by atoms with Gasteiger partial charge in [-0.15, -0.1) is 0 Å². The van der Waals surface area contributed by atoms with Crippen molar-refractivity contribution in [2.24, 2.45) is 0 Å². The molecule has 0 spiro atoms. The molecular formula is C15H20ClFN2O3S. The SMILES string of the molecule is O=C1CCCCCN1CCCNS(=O)(=O)c1ccc(F)cc1Cl.